The Balaban J connectivity index is 1.82. The summed E-state index contributed by atoms with van der Waals surface area (Å²) in [6.45, 7) is 1.50. The Kier molecular flexibility index (Phi) is 7.84. The highest BCUT2D eigenvalue weighted by molar-refractivity contribution is 7.66. The number of H-pyrrole nitrogens is 1. The fraction of sp³-hybridized carbons (Fsp3) is 0.538. The summed E-state index contributed by atoms with van der Waals surface area (Å²) in [7, 11) is -16.9. The van der Waals surface area contributed by atoms with Crippen LogP contribution >= 0.6 is 23.5 Å². The molecule has 0 saturated carbocycles. The highest BCUT2D eigenvalue weighted by Gasteiger charge is 2.49. The molecule has 6 N–H and O–H groups in total. The minimum atomic E-state index is -5.76. The van der Waals surface area contributed by atoms with E-state index in [1.165, 1.54) is 11.5 Å². The number of nitrogens with one attached hydrogen (secondary N) is 1. The minimum Gasteiger partial charge on any atom is -0.455 e. The second-order valence-corrected chi connectivity index (χ2v) is 11.4. The summed E-state index contributed by atoms with van der Waals surface area (Å²) in [5.74, 6) is -0.640. The molecule has 2 aromatic heterocycles. The lowest BCUT2D eigenvalue weighted by molar-refractivity contribution is -0.155. The molecule has 3 unspecified atom stereocenters. The third kappa shape index (κ3) is 6.89. The molecule has 0 amide bonds. The van der Waals surface area contributed by atoms with E-state index >= 15 is 0 Å². The van der Waals surface area contributed by atoms with E-state index in [0.29, 0.717) is 0 Å². The van der Waals surface area contributed by atoms with E-state index in [9.17, 15) is 38.2 Å². The predicted octanol–water partition coefficient (Wildman–Crippen LogP) is -1.04. The van der Waals surface area contributed by atoms with Crippen LogP contribution in [-0.2, 0) is 41.1 Å². The van der Waals surface area contributed by atoms with Crippen LogP contribution in [0.2, 0.25) is 0 Å². The van der Waals surface area contributed by atoms with Crippen LogP contribution in [0.5, 0.6) is 0 Å². The third-order valence-electron chi connectivity index (χ3n) is 4.26. The van der Waals surface area contributed by atoms with Gasteiger partial charge in [-0.1, -0.05) is 0 Å². The Morgan fingerprint density at radius 3 is 2.46 bits per heavy atom. The number of aliphatic hydroxyl groups excluding tert-OH is 1. The minimum absolute atomic E-state index is 0.00543. The molecule has 3 rings (SSSR count). The Bertz CT molecular complexity index is 1320. The lowest BCUT2D eigenvalue weighted by Crippen LogP contribution is -2.36. The number of esters is 1. The van der Waals surface area contributed by atoms with Gasteiger partial charge in [-0.15, -0.1) is 0 Å². The Morgan fingerprint density at radius 2 is 1.86 bits per heavy atom. The Morgan fingerprint density at radius 1 is 1.20 bits per heavy atom. The number of carbonyl (C=O) groups is 1. The fourth-order valence-corrected chi connectivity index (χ4v) is 6.12. The number of aryl methyl sites for hydroxylation is 1. The van der Waals surface area contributed by atoms with Crippen LogP contribution in [0.25, 0.3) is 11.2 Å². The molecule has 1 fully saturated rings. The second-order valence-electron chi connectivity index (χ2n) is 6.99. The number of rotatable bonds is 9. The number of ether oxygens (including phenoxy) is 2. The molecular formula is C13H19N4O15P3. The monoisotopic (exact) mass is 564 g/mol. The van der Waals surface area contributed by atoms with E-state index in [0.717, 1.165) is 13.3 Å². The molecule has 1 aliphatic rings. The molecule has 22 heteroatoms. The van der Waals surface area contributed by atoms with Crippen molar-refractivity contribution in [1.82, 2.24) is 19.5 Å². The van der Waals surface area contributed by atoms with Crippen LogP contribution in [0.3, 0.4) is 0 Å². The first-order chi connectivity index (χ1) is 16.0. The first-order valence-corrected chi connectivity index (χ1v) is 13.7. The number of hydrogen-bond donors (Lipinski definition) is 6. The molecule has 1 aliphatic heterocycles. The zero-order valence-electron chi connectivity index (χ0n) is 17.6. The first kappa shape index (κ1) is 27.7. The summed E-state index contributed by atoms with van der Waals surface area (Å²) in [6, 6.07) is 0. The van der Waals surface area contributed by atoms with E-state index in [4.69, 9.17) is 19.3 Å². The molecule has 0 bridgehead atoms. The molecule has 19 nitrogen and oxygen atoms in total. The maximum atomic E-state index is 12.1. The molecule has 0 spiro atoms. The molecule has 3 heterocycles. The first-order valence-electron chi connectivity index (χ1n) is 9.20. The number of hydrogen-bond acceptors (Lipinski definition) is 13. The van der Waals surface area contributed by atoms with Crippen molar-refractivity contribution >= 4 is 40.6 Å². The average molecular weight is 564 g/mol. The van der Waals surface area contributed by atoms with E-state index in [1.807, 2.05) is 0 Å². The normalized spacial score (nSPS) is 26.4. The third-order valence-corrected chi connectivity index (χ3v) is 8.06. The standard InChI is InChI=1S/C13H19N4O15P3/c1-5-15-11-8(12(20)16-5)14-4-17(11)13-10(29-6(2)18)9(19)7(30-13)3-28-34(24,25)32-35(26,27)31-33(21,22)23/h4,7,9-10,13,19H,3H2,1-2H3,(H,24,25)(H,26,27)(H,15,16,20)(H2,21,22,23)/t7-,9+,10?,13-/m1/s1. The number of imidazole rings is 1. The molecule has 2 aromatic rings. The van der Waals surface area contributed by atoms with Gasteiger partial charge in [-0.3, -0.25) is 18.7 Å². The van der Waals surface area contributed by atoms with Crippen molar-refractivity contribution < 1.29 is 65.8 Å². The fourth-order valence-electron chi connectivity index (χ4n) is 3.09. The van der Waals surface area contributed by atoms with Crippen molar-refractivity contribution in [2.45, 2.75) is 38.4 Å². The van der Waals surface area contributed by atoms with Crippen molar-refractivity contribution in [2.24, 2.45) is 0 Å². The molecule has 1 saturated heterocycles. The number of aromatic nitrogens is 4. The van der Waals surface area contributed by atoms with Gasteiger partial charge in [-0.25, -0.2) is 23.7 Å². The smallest absolute Gasteiger partial charge is 0.455 e. The molecule has 0 aliphatic carbocycles. The summed E-state index contributed by atoms with van der Waals surface area (Å²) in [5.41, 5.74) is -0.695. The van der Waals surface area contributed by atoms with Gasteiger partial charge in [0.1, 0.15) is 18.0 Å². The van der Waals surface area contributed by atoms with E-state index < -0.39 is 66.1 Å². The topological polar surface area (TPSA) is 279 Å². The van der Waals surface area contributed by atoms with Crippen LogP contribution in [0.1, 0.15) is 19.0 Å². The van der Waals surface area contributed by atoms with Gasteiger partial charge < -0.3 is 39.1 Å². The zero-order chi connectivity index (χ0) is 26.3. The largest absolute Gasteiger partial charge is 0.490 e. The SMILES string of the molecule is CC(=O)OC1[C@@H](O)[C@@H](COP(=O)(O)OP(=O)(O)OP(=O)(O)O)O[C@H]1n1cnc2c(=O)[nH]c(C)nc21. The molecule has 35 heavy (non-hydrogen) atoms. The lowest BCUT2D eigenvalue weighted by atomic mass is 10.1. The summed E-state index contributed by atoms with van der Waals surface area (Å²) < 4.78 is 57.6. The number of fused-ring (bicyclic) bond motifs is 1. The summed E-state index contributed by atoms with van der Waals surface area (Å²) in [5, 5.41) is 10.6. The predicted molar refractivity (Wildman–Crippen MR) is 108 cm³/mol. The molecule has 196 valence electrons. The van der Waals surface area contributed by atoms with Gasteiger partial charge in [-0.05, 0) is 6.92 Å². The zero-order valence-corrected chi connectivity index (χ0v) is 20.3. The van der Waals surface area contributed by atoms with Crippen LogP contribution in [0, 0.1) is 6.92 Å². The van der Waals surface area contributed by atoms with Gasteiger partial charge in [0.15, 0.2) is 23.5 Å². The number of aromatic amines is 1. The van der Waals surface area contributed by atoms with Crippen LogP contribution in [-0.4, -0.2) is 75.1 Å². The number of aliphatic hydroxyl groups is 1. The van der Waals surface area contributed by atoms with Crippen LogP contribution < -0.4 is 5.56 Å². The van der Waals surface area contributed by atoms with Gasteiger partial charge >= 0.3 is 29.4 Å². The maximum Gasteiger partial charge on any atom is 0.490 e. The van der Waals surface area contributed by atoms with Gasteiger partial charge in [0, 0.05) is 6.92 Å². The Hall–Kier alpha value is -1.85. The second kappa shape index (κ2) is 9.89. The van der Waals surface area contributed by atoms with Crippen molar-refractivity contribution in [3.05, 3.63) is 22.5 Å². The van der Waals surface area contributed by atoms with Crippen molar-refractivity contribution in [3.63, 3.8) is 0 Å². The Labute approximate surface area is 194 Å². The van der Waals surface area contributed by atoms with Crippen molar-refractivity contribution in [1.29, 1.82) is 0 Å². The van der Waals surface area contributed by atoms with Crippen molar-refractivity contribution in [3.8, 4) is 0 Å². The van der Waals surface area contributed by atoms with E-state index in [2.05, 4.69) is 28.1 Å². The van der Waals surface area contributed by atoms with Gasteiger partial charge in [-0.2, -0.15) is 8.62 Å². The van der Waals surface area contributed by atoms with E-state index in [1.54, 1.807) is 0 Å². The van der Waals surface area contributed by atoms with E-state index in [-0.39, 0.29) is 17.0 Å². The molecule has 0 aromatic carbocycles. The van der Waals surface area contributed by atoms with Gasteiger partial charge in [0.2, 0.25) is 0 Å². The molecule has 0 radical (unpaired) electrons. The number of phosphoric ester groups is 1. The maximum absolute atomic E-state index is 12.1. The van der Waals surface area contributed by atoms with Crippen LogP contribution in [0.15, 0.2) is 11.1 Å². The molecular weight excluding hydrogens is 545 g/mol. The summed E-state index contributed by atoms with van der Waals surface area (Å²) >= 11 is 0. The quantitative estimate of drug-likeness (QED) is 0.157. The molecule has 6 atom stereocenters. The van der Waals surface area contributed by atoms with Crippen LogP contribution in [0.4, 0.5) is 0 Å². The van der Waals surface area contributed by atoms with Gasteiger partial charge in [0.25, 0.3) is 5.56 Å². The number of phosphoric acid groups is 3. The van der Waals surface area contributed by atoms with Crippen molar-refractivity contribution in [2.75, 3.05) is 6.61 Å². The highest BCUT2D eigenvalue weighted by Crippen LogP contribution is 2.66. The highest BCUT2D eigenvalue weighted by atomic mass is 31.3. The lowest BCUT2D eigenvalue weighted by Gasteiger charge is -2.21. The average Bonchev–Trinajstić information content (AvgIpc) is 3.19. The summed E-state index contributed by atoms with van der Waals surface area (Å²) in [6.07, 6.45) is -4.94. The number of carbonyl (C=O) groups excluding carboxylic acids is 1. The number of nitrogens with zero attached hydrogens (tertiary/aromatic N) is 3. The summed E-state index contributed by atoms with van der Waals surface area (Å²) in [4.78, 5) is 70.1. The van der Waals surface area contributed by atoms with Gasteiger partial charge in [0.05, 0.1) is 12.9 Å².